The normalized spacial score (nSPS) is 10.5. The fraction of sp³-hybridized carbons (Fsp3) is 0.333. The van der Waals surface area contributed by atoms with Crippen molar-refractivity contribution in [2.24, 2.45) is 0 Å². The first-order valence-electron chi connectivity index (χ1n) is 6.45. The van der Waals surface area contributed by atoms with E-state index in [0.29, 0.717) is 6.61 Å². The van der Waals surface area contributed by atoms with Crippen LogP contribution in [-0.4, -0.2) is 23.9 Å². The average molecular weight is 257 g/mol. The standard InChI is InChI=1S/C15H19N3O/c1-4-19-15-8-5-12(9-11(15)2)14-7-6-13(10-16-3)17-18-14/h5-9,16H,4,10H2,1-3H3. The van der Waals surface area contributed by atoms with Crippen LogP contribution in [0, 0.1) is 6.92 Å². The first kappa shape index (κ1) is 13.5. The first-order valence-corrected chi connectivity index (χ1v) is 6.45. The molecule has 2 aromatic rings. The van der Waals surface area contributed by atoms with Crippen LogP contribution in [0.1, 0.15) is 18.2 Å². The predicted octanol–water partition coefficient (Wildman–Crippen LogP) is 2.57. The molecule has 0 bridgehead atoms. The minimum atomic E-state index is 0.679. The fourth-order valence-corrected chi connectivity index (χ4v) is 1.92. The van der Waals surface area contributed by atoms with Gasteiger partial charge in [-0.05, 0) is 56.8 Å². The summed E-state index contributed by atoms with van der Waals surface area (Å²) in [6.07, 6.45) is 0. The van der Waals surface area contributed by atoms with Gasteiger partial charge in [0, 0.05) is 12.1 Å². The molecule has 0 spiro atoms. The van der Waals surface area contributed by atoms with Crippen LogP contribution in [0.15, 0.2) is 30.3 Å². The summed E-state index contributed by atoms with van der Waals surface area (Å²) in [7, 11) is 1.89. The largest absolute Gasteiger partial charge is 0.494 e. The lowest BCUT2D eigenvalue weighted by Crippen LogP contribution is -2.07. The summed E-state index contributed by atoms with van der Waals surface area (Å²) < 4.78 is 5.53. The maximum Gasteiger partial charge on any atom is 0.122 e. The number of nitrogens with one attached hydrogen (secondary N) is 1. The van der Waals surface area contributed by atoms with Crippen molar-refractivity contribution in [3.63, 3.8) is 0 Å². The maximum atomic E-state index is 5.53. The van der Waals surface area contributed by atoms with Gasteiger partial charge in [0.05, 0.1) is 18.0 Å². The quantitative estimate of drug-likeness (QED) is 0.894. The molecule has 0 saturated carbocycles. The highest BCUT2D eigenvalue weighted by molar-refractivity contribution is 5.61. The van der Waals surface area contributed by atoms with E-state index in [9.17, 15) is 0 Å². The number of hydrogen-bond acceptors (Lipinski definition) is 4. The van der Waals surface area contributed by atoms with E-state index in [1.54, 1.807) is 0 Å². The molecule has 19 heavy (non-hydrogen) atoms. The van der Waals surface area contributed by atoms with E-state index in [1.165, 1.54) is 0 Å². The first-order chi connectivity index (χ1) is 9.24. The highest BCUT2D eigenvalue weighted by Gasteiger charge is 2.04. The van der Waals surface area contributed by atoms with Crippen molar-refractivity contribution in [1.82, 2.24) is 15.5 Å². The lowest BCUT2D eigenvalue weighted by molar-refractivity contribution is 0.338. The molecule has 0 amide bonds. The van der Waals surface area contributed by atoms with Gasteiger partial charge in [0.2, 0.25) is 0 Å². The number of rotatable bonds is 5. The van der Waals surface area contributed by atoms with Crippen LogP contribution < -0.4 is 10.1 Å². The fourth-order valence-electron chi connectivity index (χ4n) is 1.92. The van der Waals surface area contributed by atoms with Gasteiger partial charge < -0.3 is 10.1 Å². The Bertz CT molecular complexity index is 538. The second-order valence-corrected chi connectivity index (χ2v) is 4.35. The summed E-state index contributed by atoms with van der Waals surface area (Å²) in [5, 5.41) is 11.5. The minimum absolute atomic E-state index is 0.679. The Morgan fingerprint density at radius 1 is 1.16 bits per heavy atom. The second-order valence-electron chi connectivity index (χ2n) is 4.35. The van der Waals surface area contributed by atoms with Crippen molar-refractivity contribution in [3.8, 4) is 17.0 Å². The molecule has 0 saturated heterocycles. The van der Waals surface area contributed by atoms with Crippen LogP contribution in [0.5, 0.6) is 5.75 Å². The van der Waals surface area contributed by atoms with E-state index < -0.39 is 0 Å². The third kappa shape index (κ3) is 3.29. The highest BCUT2D eigenvalue weighted by Crippen LogP contribution is 2.24. The molecule has 2 rings (SSSR count). The van der Waals surface area contributed by atoms with Gasteiger partial charge in [0.25, 0.3) is 0 Å². The van der Waals surface area contributed by atoms with Gasteiger partial charge in [-0.15, -0.1) is 0 Å². The summed E-state index contributed by atoms with van der Waals surface area (Å²) in [6.45, 7) is 5.44. The third-order valence-electron chi connectivity index (χ3n) is 2.85. The Hall–Kier alpha value is -1.94. The molecule has 1 N–H and O–H groups in total. The number of ether oxygens (including phenoxy) is 1. The van der Waals surface area contributed by atoms with Crippen LogP contribution in [0.3, 0.4) is 0 Å². The molecule has 0 aliphatic carbocycles. The van der Waals surface area contributed by atoms with Crippen molar-refractivity contribution in [2.75, 3.05) is 13.7 Å². The molecule has 0 radical (unpaired) electrons. The zero-order valence-electron chi connectivity index (χ0n) is 11.6. The summed E-state index contributed by atoms with van der Waals surface area (Å²) >= 11 is 0. The Kier molecular flexibility index (Phi) is 4.47. The number of benzene rings is 1. The molecule has 1 aromatic heterocycles. The summed E-state index contributed by atoms with van der Waals surface area (Å²) in [5.41, 5.74) is 3.99. The summed E-state index contributed by atoms with van der Waals surface area (Å²) in [6, 6.07) is 10.1. The molecule has 100 valence electrons. The molecule has 0 aliphatic rings. The van der Waals surface area contributed by atoms with Crippen LogP contribution >= 0.6 is 0 Å². The number of aryl methyl sites for hydroxylation is 1. The van der Waals surface area contributed by atoms with Crippen LogP contribution in [0.4, 0.5) is 0 Å². The van der Waals surface area contributed by atoms with E-state index in [-0.39, 0.29) is 0 Å². The zero-order chi connectivity index (χ0) is 13.7. The molecule has 1 aromatic carbocycles. The number of hydrogen-bond donors (Lipinski definition) is 1. The van der Waals surface area contributed by atoms with Gasteiger partial charge in [-0.25, -0.2) is 0 Å². The van der Waals surface area contributed by atoms with E-state index in [1.807, 2.05) is 45.2 Å². The Balaban J connectivity index is 2.24. The minimum Gasteiger partial charge on any atom is -0.494 e. The number of aromatic nitrogens is 2. The van der Waals surface area contributed by atoms with E-state index in [0.717, 1.165) is 34.8 Å². The molecule has 0 fully saturated rings. The molecule has 4 heteroatoms. The topological polar surface area (TPSA) is 47.0 Å². The van der Waals surface area contributed by atoms with Gasteiger partial charge >= 0.3 is 0 Å². The third-order valence-corrected chi connectivity index (χ3v) is 2.85. The van der Waals surface area contributed by atoms with E-state index in [4.69, 9.17) is 4.74 Å². The van der Waals surface area contributed by atoms with E-state index in [2.05, 4.69) is 21.6 Å². The highest BCUT2D eigenvalue weighted by atomic mass is 16.5. The molecule has 0 aliphatic heterocycles. The Labute approximate surface area is 113 Å². The van der Waals surface area contributed by atoms with Crippen molar-refractivity contribution in [1.29, 1.82) is 0 Å². The Morgan fingerprint density at radius 3 is 2.58 bits per heavy atom. The second kappa shape index (κ2) is 6.29. The zero-order valence-corrected chi connectivity index (χ0v) is 11.6. The van der Waals surface area contributed by atoms with Crippen LogP contribution in [0.25, 0.3) is 11.3 Å². The van der Waals surface area contributed by atoms with E-state index >= 15 is 0 Å². The van der Waals surface area contributed by atoms with Crippen LogP contribution in [-0.2, 0) is 6.54 Å². The smallest absolute Gasteiger partial charge is 0.122 e. The van der Waals surface area contributed by atoms with Gasteiger partial charge in [-0.2, -0.15) is 10.2 Å². The van der Waals surface area contributed by atoms with Crippen molar-refractivity contribution in [3.05, 3.63) is 41.6 Å². The van der Waals surface area contributed by atoms with Gasteiger partial charge in [0.1, 0.15) is 5.75 Å². The van der Waals surface area contributed by atoms with Gasteiger partial charge in [0.15, 0.2) is 0 Å². The number of nitrogens with zero attached hydrogens (tertiary/aromatic N) is 2. The van der Waals surface area contributed by atoms with Gasteiger partial charge in [-0.1, -0.05) is 0 Å². The molecule has 0 unspecified atom stereocenters. The van der Waals surface area contributed by atoms with Crippen molar-refractivity contribution >= 4 is 0 Å². The summed E-state index contributed by atoms with van der Waals surface area (Å²) in [4.78, 5) is 0. The molecule has 1 heterocycles. The maximum absolute atomic E-state index is 5.53. The Morgan fingerprint density at radius 2 is 2.00 bits per heavy atom. The molecular formula is C15H19N3O. The lowest BCUT2D eigenvalue weighted by Gasteiger charge is -2.08. The lowest BCUT2D eigenvalue weighted by atomic mass is 10.1. The predicted molar refractivity (Wildman–Crippen MR) is 76.1 cm³/mol. The van der Waals surface area contributed by atoms with Crippen molar-refractivity contribution < 1.29 is 4.74 Å². The molecule has 4 nitrogen and oxygen atoms in total. The molecular weight excluding hydrogens is 238 g/mol. The van der Waals surface area contributed by atoms with Crippen LogP contribution in [0.2, 0.25) is 0 Å². The molecule has 0 atom stereocenters. The SMILES string of the molecule is CCOc1ccc(-c2ccc(CNC)nn2)cc1C. The average Bonchev–Trinajstić information content (AvgIpc) is 2.43. The monoisotopic (exact) mass is 257 g/mol. The van der Waals surface area contributed by atoms with Crippen molar-refractivity contribution in [2.45, 2.75) is 20.4 Å². The van der Waals surface area contributed by atoms with Gasteiger partial charge in [-0.3, -0.25) is 0 Å². The summed E-state index contributed by atoms with van der Waals surface area (Å²) in [5.74, 6) is 0.922.